The number of hydrogen-bond donors (Lipinski definition) is 1. The molecule has 0 unspecified atom stereocenters. The minimum Gasteiger partial charge on any atom is -0.457 e. The molecule has 0 bridgehead atoms. The third-order valence-electron chi connectivity index (χ3n) is 6.57. The first-order chi connectivity index (χ1) is 12.2. The topological polar surface area (TPSA) is 85.4 Å². The molecule has 3 fully saturated rings. The van der Waals surface area contributed by atoms with E-state index >= 15 is 0 Å². The van der Waals surface area contributed by atoms with Crippen molar-refractivity contribution >= 4 is 11.9 Å². The number of carbonyl (C=O) groups is 2. The van der Waals surface area contributed by atoms with Crippen LogP contribution in [-0.4, -0.2) is 47.1 Å². The molecule has 2 heterocycles. The normalized spacial score (nSPS) is 44.1. The monoisotopic (exact) mass is 360 g/mol. The smallest absolute Gasteiger partial charge is 0.334 e. The van der Waals surface area contributed by atoms with E-state index < -0.39 is 41.8 Å². The quantitative estimate of drug-likeness (QED) is 0.350. The van der Waals surface area contributed by atoms with Crippen LogP contribution in [0, 0.1) is 11.8 Å². The van der Waals surface area contributed by atoms with Crippen molar-refractivity contribution in [2.75, 3.05) is 0 Å². The van der Waals surface area contributed by atoms with Crippen LogP contribution in [0.4, 0.5) is 0 Å². The van der Waals surface area contributed by atoms with Gasteiger partial charge in [-0.25, -0.2) is 9.59 Å². The Bertz CT molecular complexity index is 777. The highest BCUT2D eigenvalue weighted by Gasteiger charge is 2.70. The van der Waals surface area contributed by atoms with Gasteiger partial charge >= 0.3 is 11.9 Å². The summed E-state index contributed by atoms with van der Waals surface area (Å²) in [5.41, 5.74) is 2.19. The van der Waals surface area contributed by atoms with Crippen molar-refractivity contribution in [1.29, 1.82) is 0 Å². The van der Waals surface area contributed by atoms with E-state index in [1.165, 1.54) is 0 Å². The van der Waals surface area contributed by atoms with Crippen LogP contribution in [0.2, 0.25) is 0 Å². The van der Waals surface area contributed by atoms with Crippen LogP contribution in [0.3, 0.4) is 0 Å². The van der Waals surface area contributed by atoms with Gasteiger partial charge in [0, 0.05) is 17.1 Å². The second-order valence-electron chi connectivity index (χ2n) is 7.89. The third-order valence-corrected chi connectivity index (χ3v) is 6.57. The van der Waals surface area contributed by atoms with Gasteiger partial charge in [0.1, 0.15) is 23.9 Å². The standard InChI is InChI=1S/C20H24O6/c1-6-8(2)18(22)24-16-9(3)11-7-12-20(5,26-12)14(11)17-13(15(16)21)10(4)19(23)25-17/h6,12-17,21H,4,7H2,1-3,5H3/b8-6-/t12-,13-,14-,15+,16+,17-,20-/m0/s1. The predicted octanol–water partition coefficient (Wildman–Crippen LogP) is 1.83. The molecule has 0 amide bonds. The lowest BCUT2D eigenvalue weighted by Crippen LogP contribution is -2.43. The number of allylic oxidation sites excluding steroid dienone is 1. The molecule has 4 aliphatic rings. The molecule has 6 nitrogen and oxygen atoms in total. The van der Waals surface area contributed by atoms with Crippen molar-refractivity contribution in [3.63, 3.8) is 0 Å². The summed E-state index contributed by atoms with van der Waals surface area (Å²) in [6, 6.07) is 0. The molecule has 0 aromatic rings. The molecule has 1 saturated carbocycles. The highest BCUT2D eigenvalue weighted by Crippen LogP contribution is 2.62. The Hall–Kier alpha value is -1.92. The summed E-state index contributed by atoms with van der Waals surface area (Å²) in [5.74, 6) is -1.75. The third kappa shape index (κ3) is 2.18. The minimum atomic E-state index is -1.09. The van der Waals surface area contributed by atoms with E-state index in [9.17, 15) is 14.7 Å². The highest BCUT2D eigenvalue weighted by atomic mass is 16.6. The van der Waals surface area contributed by atoms with E-state index in [0.29, 0.717) is 12.0 Å². The van der Waals surface area contributed by atoms with Crippen molar-refractivity contribution in [2.45, 2.75) is 64.1 Å². The Balaban J connectivity index is 1.78. The maximum atomic E-state index is 12.3. The Kier molecular flexibility index (Phi) is 3.72. The summed E-state index contributed by atoms with van der Waals surface area (Å²) in [6.07, 6.45) is -0.0265. The van der Waals surface area contributed by atoms with Gasteiger partial charge in [-0.2, -0.15) is 0 Å². The van der Waals surface area contributed by atoms with E-state index in [0.717, 1.165) is 11.1 Å². The number of hydrogen-bond acceptors (Lipinski definition) is 6. The fourth-order valence-electron chi connectivity index (χ4n) is 4.79. The lowest BCUT2D eigenvalue weighted by molar-refractivity contribution is -0.151. The van der Waals surface area contributed by atoms with Crippen LogP contribution < -0.4 is 0 Å². The number of epoxide rings is 1. The average molecular weight is 360 g/mol. The first kappa shape index (κ1) is 17.5. The van der Waals surface area contributed by atoms with E-state index in [-0.39, 0.29) is 17.6 Å². The van der Waals surface area contributed by atoms with Crippen LogP contribution in [0.25, 0.3) is 0 Å². The first-order valence-electron chi connectivity index (χ1n) is 8.99. The molecule has 7 atom stereocenters. The van der Waals surface area contributed by atoms with Gasteiger partial charge in [-0.3, -0.25) is 0 Å². The molecule has 0 radical (unpaired) electrons. The zero-order valence-corrected chi connectivity index (χ0v) is 15.4. The van der Waals surface area contributed by atoms with Crippen LogP contribution in [0.1, 0.15) is 34.1 Å². The second kappa shape index (κ2) is 5.54. The summed E-state index contributed by atoms with van der Waals surface area (Å²) in [5, 5.41) is 11.1. The van der Waals surface area contributed by atoms with Crippen LogP contribution in [0.5, 0.6) is 0 Å². The Morgan fingerprint density at radius 2 is 2.15 bits per heavy atom. The maximum absolute atomic E-state index is 12.3. The van der Waals surface area contributed by atoms with Gasteiger partial charge < -0.3 is 19.3 Å². The van der Waals surface area contributed by atoms with E-state index in [2.05, 4.69) is 6.58 Å². The number of aliphatic hydroxyl groups is 1. The van der Waals surface area contributed by atoms with Gasteiger partial charge in [-0.15, -0.1) is 0 Å². The number of aliphatic hydroxyl groups excluding tert-OH is 1. The molecule has 0 aromatic carbocycles. The molecule has 2 aliphatic carbocycles. The Morgan fingerprint density at radius 3 is 2.81 bits per heavy atom. The van der Waals surface area contributed by atoms with Gasteiger partial charge in [0.15, 0.2) is 0 Å². The fraction of sp³-hybridized carbons (Fsp3) is 0.600. The van der Waals surface area contributed by atoms with Crippen molar-refractivity contribution in [2.24, 2.45) is 11.8 Å². The molecule has 0 spiro atoms. The molecular weight excluding hydrogens is 336 g/mol. The summed E-state index contributed by atoms with van der Waals surface area (Å²) >= 11 is 0. The molecule has 4 rings (SSSR count). The van der Waals surface area contributed by atoms with Gasteiger partial charge in [0.25, 0.3) is 0 Å². The van der Waals surface area contributed by atoms with E-state index in [4.69, 9.17) is 14.2 Å². The summed E-state index contributed by atoms with van der Waals surface area (Å²) < 4.78 is 17.1. The summed E-state index contributed by atoms with van der Waals surface area (Å²) in [4.78, 5) is 24.5. The summed E-state index contributed by atoms with van der Waals surface area (Å²) in [6.45, 7) is 11.1. The largest absolute Gasteiger partial charge is 0.457 e. The molecule has 6 heteroatoms. The number of esters is 2. The van der Waals surface area contributed by atoms with Crippen molar-refractivity contribution in [3.05, 3.63) is 34.9 Å². The number of carbonyl (C=O) groups excluding carboxylic acids is 2. The van der Waals surface area contributed by atoms with Crippen LogP contribution >= 0.6 is 0 Å². The van der Waals surface area contributed by atoms with E-state index in [1.807, 2.05) is 13.8 Å². The molecule has 140 valence electrons. The minimum absolute atomic E-state index is 0.0783. The average Bonchev–Trinajstić information content (AvgIpc) is 3.06. The van der Waals surface area contributed by atoms with Crippen LogP contribution in [-0.2, 0) is 23.8 Å². The van der Waals surface area contributed by atoms with Gasteiger partial charge in [-0.1, -0.05) is 18.2 Å². The summed E-state index contributed by atoms with van der Waals surface area (Å²) in [7, 11) is 0. The Labute approximate surface area is 152 Å². The Morgan fingerprint density at radius 1 is 1.46 bits per heavy atom. The van der Waals surface area contributed by atoms with Crippen LogP contribution in [0.15, 0.2) is 34.9 Å². The number of ether oxygens (including phenoxy) is 3. The van der Waals surface area contributed by atoms with Gasteiger partial charge in [0.2, 0.25) is 0 Å². The fourth-order valence-corrected chi connectivity index (χ4v) is 4.79. The van der Waals surface area contributed by atoms with E-state index in [1.54, 1.807) is 19.9 Å². The zero-order chi connectivity index (χ0) is 19.0. The number of rotatable bonds is 2. The van der Waals surface area contributed by atoms with Gasteiger partial charge in [0.05, 0.1) is 12.0 Å². The highest BCUT2D eigenvalue weighted by molar-refractivity contribution is 5.91. The lowest BCUT2D eigenvalue weighted by Gasteiger charge is -2.29. The van der Waals surface area contributed by atoms with Crippen molar-refractivity contribution in [1.82, 2.24) is 0 Å². The SMILES string of the molecule is C=C1C(=O)O[C@H]2[C@@H]1[C@@H](O)[C@H](OC(=O)/C(C)=C\C)C(C)=C1C[C@@H]3O[C@]3(C)[C@@H]12. The molecular formula is C20H24O6. The molecule has 2 aliphatic heterocycles. The van der Waals surface area contributed by atoms with Crippen molar-refractivity contribution < 1.29 is 28.9 Å². The lowest BCUT2D eigenvalue weighted by atomic mass is 9.80. The van der Waals surface area contributed by atoms with Crippen molar-refractivity contribution in [3.8, 4) is 0 Å². The molecule has 26 heavy (non-hydrogen) atoms. The maximum Gasteiger partial charge on any atom is 0.334 e. The first-order valence-corrected chi connectivity index (χ1v) is 8.99. The molecule has 1 N–H and O–H groups in total. The molecule has 2 saturated heterocycles. The predicted molar refractivity (Wildman–Crippen MR) is 91.9 cm³/mol. The zero-order valence-electron chi connectivity index (χ0n) is 15.4. The van der Waals surface area contributed by atoms with Gasteiger partial charge in [-0.05, 0) is 39.7 Å². The second-order valence-corrected chi connectivity index (χ2v) is 7.89. The molecule has 0 aromatic heterocycles. The number of fused-ring (bicyclic) bond motifs is 5.